The Labute approximate surface area is 128 Å². The molecule has 1 atom stereocenters. The number of aryl methyl sites for hydroxylation is 1. The van der Waals surface area contributed by atoms with Crippen LogP contribution in [0.2, 0.25) is 0 Å². The van der Waals surface area contributed by atoms with Gasteiger partial charge in [0.25, 0.3) is 0 Å². The van der Waals surface area contributed by atoms with Gasteiger partial charge in [-0.15, -0.1) is 11.3 Å². The van der Waals surface area contributed by atoms with Crippen LogP contribution >= 0.6 is 11.3 Å². The molecule has 0 radical (unpaired) electrons. The van der Waals surface area contributed by atoms with E-state index in [1.165, 1.54) is 9.75 Å². The lowest BCUT2D eigenvalue weighted by Gasteiger charge is -2.24. The van der Waals surface area contributed by atoms with Crippen molar-refractivity contribution in [1.29, 1.82) is 0 Å². The van der Waals surface area contributed by atoms with Crippen LogP contribution in [0, 0.1) is 6.92 Å². The number of hydrogen-bond donors (Lipinski definition) is 1. The van der Waals surface area contributed by atoms with Crippen LogP contribution in [0.15, 0.2) is 36.4 Å². The predicted molar refractivity (Wildman–Crippen MR) is 84.6 cm³/mol. The van der Waals surface area contributed by atoms with Crippen LogP contribution < -0.4 is 0 Å². The summed E-state index contributed by atoms with van der Waals surface area (Å²) in [6.45, 7) is 2.93. The van der Waals surface area contributed by atoms with E-state index in [-0.39, 0.29) is 17.7 Å². The number of nitrogens with zero attached hydrogens (tertiary/aromatic N) is 1. The van der Waals surface area contributed by atoms with Crippen LogP contribution in [0.25, 0.3) is 0 Å². The number of aromatic hydroxyl groups is 1. The Kier molecular flexibility index (Phi) is 3.97. The maximum absolute atomic E-state index is 12.6. The molecule has 1 saturated heterocycles. The smallest absolute Gasteiger partial charge is 0.227 e. The van der Waals surface area contributed by atoms with Crippen LogP contribution in [-0.4, -0.2) is 22.5 Å². The molecule has 1 aliphatic rings. The van der Waals surface area contributed by atoms with Gasteiger partial charge in [0.2, 0.25) is 5.91 Å². The largest absolute Gasteiger partial charge is 0.508 e. The second-order valence-corrected chi connectivity index (χ2v) is 6.86. The molecule has 4 heteroatoms. The monoisotopic (exact) mass is 301 g/mol. The van der Waals surface area contributed by atoms with E-state index in [0.717, 1.165) is 24.9 Å². The van der Waals surface area contributed by atoms with Crippen molar-refractivity contribution in [2.75, 3.05) is 6.54 Å². The van der Waals surface area contributed by atoms with Gasteiger partial charge in [-0.2, -0.15) is 0 Å². The average molecular weight is 301 g/mol. The number of phenols is 1. The Balaban J connectivity index is 1.74. The number of benzene rings is 1. The van der Waals surface area contributed by atoms with Crippen LogP contribution in [-0.2, 0) is 11.2 Å². The molecule has 0 spiro atoms. The zero-order chi connectivity index (χ0) is 14.8. The fourth-order valence-electron chi connectivity index (χ4n) is 2.94. The molecule has 2 aromatic rings. The van der Waals surface area contributed by atoms with Crippen molar-refractivity contribution in [3.05, 3.63) is 51.7 Å². The summed E-state index contributed by atoms with van der Waals surface area (Å²) in [7, 11) is 0. The van der Waals surface area contributed by atoms with Crippen molar-refractivity contribution in [1.82, 2.24) is 4.90 Å². The maximum Gasteiger partial charge on any atom is 0.227 e. The zero-order valence-corrected chi connectivity index (χ0v) is 12.9. The quantitative estimate of drug-likeness (QED) is 0.939. The van der Waals surface area contributed by atoms with Crippen molar-refractivity contribution in [3.63, 3.8) is 0 Å². The van der Waals surface area contributed by atoms with E-state index >= 15 is 0 Å². The van der Waals surface area contributed by atoms with Gasteiger partial charge in [-0.05, 0) is 49.6 Å². The van der Waals surface area contributed by atoms with Gasteiger partial charge in [0, 0.05) is 16.3 Å². The van der Waals surface area contributed by atoms with E-state index < -0.39 is 0 Å². The third kappa shape index (κ3) is 3.10. The number of likely N-dealkylation sites (tertiary alicyclic amines) is 1. The first-order valence-corrected chi connectivity index (χ1v) is 8.09. The third-order valence-electron chi connectivity index (χ3n) is 3.93. The van der Waals surface area contributed by atoms with Crippen molar-refractivity contribution in [2.24, 2.45) is 0 Å². The SMILES string of the molecule is Cc1ccc([C@@H]2CCCN2C(=O)Cc2cccc(O)c2)s1. The molecule has 0 aliphatic carbocycles. The first kappa shape index (κ1) is 14.1. The molecule has 110 valence electrons. The lowest BCUT2D eigenvalue weighted by Crippen LogP contribution is -2.31. The number of rotatable bonds is 3. The number of phenolic OH excluding ortho intramolecular Hbond substituents is 1. The van der Waals surface area contributed by atoms with E-state index in [9.17, 15) is 9.90 Å². The number of hydrogen-bond acceptors (Lipinski definition) is 3. The summed E-state index contributed by atoms with van der Waals surface area (Å²) < 4.78 is 0. The van der Waals surface area contributed by atoms with Gasteiger partial charge < -0.3 is 10.0 Å². The number of thiophene rings is 1. The van der Waals surface area contributed by atoms with Crippen molar-refractivity contribution < 1.29 is 9.90 Å². The Morgan fingerprint density at radius 3 is 2.95 bits per heavy atom. The molecular formula is C17H19NO2S. The second kappa shape index (κ2) is 5.90. The van der Waals surface area contributed by atoms with Gasteiger partial charge >= 0.3 is 0 Å². The van der Waals surface area contributed by atoms with Gasteiger partial charge in [-0.3, -0.25) is 4.79 Å². The number of amides is 1. The summed E-state index contributed by atoms with van der Waals surface area (Å²) in [5, 5.41) is 9.50. The second-order valence-electron chi connectivity index (χ2n) is 5.54. The van der Waals surface area contributed by atoms with Gasteiger partial charge in [0.15, 0.2) is 0 Å². The van der Waals surface area contributed by atoms with Crippen LogP contribution in [0.1, 0.15) is 34.2 Å². The minimum atomic E-state index is 0.147. The Morgan fingerprint density at radius 2 is 2.24 bits per heavy atom. The Bertz CT molecular complexity index is 650. The van der Waals surface area contributed by atoms with Crippen molar-refractivity contribution >= 4 is 17.2 Å². The summed E-state index contributed by atoms with van der Waals surface area (Å²) in [6.07, 6.45) is 2.47. The van der Waals surface area contributed by atoms with E-state index in [0.29, 0.717) is 6.42 Å². The third-order valence-corrected chi connectivity index (χ3v) is 5.03. The number of carbonyl (C=O) groups is 1. The molecule has 0 bridgehead atoms. The molecule has 1 fully saturated rings. The van der Waals surface area contributed by atoms with Crippen LogP contribution in [0.3, 0.4) is 0 Å². The highest BCUT2D eigenvalue weighted by atomic mass is 32.1. The van der Waals surface area contributed by atoms with E-state index in [1.54, 1.807) is 29.5 Å². The van der Waals surface area contributed by atoms with Gasteiger partial charge in [0.05, 0.1) is 12.5 Å². The molecule has 3 rings (SSSR count). The summed E-state index contributed by atoms with van der Waals surface area (Å²) in [5.41, 5.74) is 0.869. The molecule has 2 heterocycles. The van der Waals surface area contributed by atoms with Crippen LogP contribution in [0.5, 0.6) is 5.75 Å². The molecule has 1 aliphatic heterocycles. The minimum Gasteiger partial charge on any atom is -0.508 e. The molecule has 0 unspecified atom stereocenters. The molecule has 1 N–H and O–H groups in total. The molecule has 1 aromatic carbocycles. The summed E-state index contributed by atoms with van der Waals surface area (Å²) >= 11 is 1.78. The van der Waals surface area contributed by atoms with E-state index in [1.807, 2.05) is 11.0 Å². The molecule has 21 heavy (non-hydrogen) atoms. The summed E-state index contributed by atoms with van der Waals surface area (Å²) in [5.74, 6) is 0.362. The molecule has 1 aromatic heterocycles. The van der Waals surface area contributed by atoms with Gasteiger partial charge in [-0.25, -0.2) is 0 Å². The fraction of sp³-hybridized carbons (Fsp3) is 0.353. The minimum absolute atomic E-state index is 0.147. The van der Waals surface area contributed by atoms with Crippen molar-refractivity contribution in [3.8, 4) is 5.75 Å². The molecule has 1 amide bonds. The van der Waals surface area contributed by atoms with E-state index in [4.69, 9.17) is 0 Å². The van der Waals surface area contributed by atoms with E-state index in [2.05, 4.69) is 19.1 Å². The first-order valence-electron chi connectivity index (χ1n) is 7.27. The Hall–Kier alpha value is -1.81. The zero-order valence-electron chi connectivity index (χ0n) is 12.1. The fourth-order valence-corrected chi connectivity index (χ4v) is 3.96. The predicted octanol–water partition coefficient (Wildman–Crippen LogP) is 3.67. The van der Waals surface area contributed by atoms with Gasteiger partial charge in [0.1, 0.15) is 5.75 Å². The average Bonchev–Trinajstić information content (AvgIpc) is 3.06. The lowest BCUT2D eigenvalue weighted by molar-refractivity contribution is -0.131. The van der Waals surface area contributed by atoms with Gasteiger partial charge in [-0.1, -0.05) is 12.1 Å². The highest BCUT2D eigenvalue weighted by Crippen LogP contribution is 2.36. The summed E-state index contributed by atoms with van der Waals surface area (Å²) in [6, 6.07) is 11.5. The first-order chi connectivity index (χ1) is 10.1. The van der Waals surface area contributed by atoms with Crippen LogP contribution in [0.4, 0.5) is 0 Å². The molecular weight excluding hydrogens is 282 g/mol. The highest BCUT2D eigenvalue weighted by molar-refractivity contribution is 7.12. The molecule has 3 nitrogen and oxygen atoms in total. The lowest BCUT2D eigenvalue weighted by atomic mass is 10.1. The number of carbonyl (C=O) groups excluding carboxylic acids is 1. The molecule has 0 saturated carbocycles. The van der Waals surface area contributed by atoms with Crippen molar-refractivity contribution in [2.45, 2.75) is 32.2 Å². The highest BCUT2D eigenvalue weighted by Gasteiger charge is 2.30. The topological polar surface area (TPSA) is 40.5 Å². The Morgan fingerprint density at radius 1 is 1.38 bits per heavy atom. The normalized spacial score (nSPS) is 18.1. The maximum atomic E-state index is 12.6. The summed E-state index contributed by atoms with van der Waals surface area (Å²) in [4.78, 5) is 17.1. The standard InChI is InChI=1S/C17H19NO2S/c1-12-7-8-16(21-12)15-6-3-9-18(15)17(20)11-13-4-2-5-14(19)10-13/h2,4-5,7-8,10,15,19H,3,6,9,11H2,1H3/t15-/m0/s1.